The van der Waals surface area contributed by atoms with Gasteiger partial charge in [-0.25, -0.2) is 4.98 Å². The summed E-state index contributed by atoms with van der Waals surface area (Å²) in [6.45, 7) is 0.542. The second kappa shape index (κ2) is 12.4. The highest BCUT2D eigenvalue weighted by atomic mass is 35.5. The molecule has 0 atom stereocenters. The first-order chi connectivity index (χ1) is 21.5. The van der Waals surface area contributed by atoms with Gasteiger partial charge in [0.2, 0.25) is 5.91 Å². The van der Waals surface area contributed by atoms with E-state index >= 15 is 0 Å². The molecule has 226 valence electrons. The largest absolute Gasteiger partial charge is 0.416 e. The Balaban J connectivity index is 1.27. The Kier molecular flexibility index (Phi) is 8.36. The summed E-state index contributed by atoms with van der Waals surface area (Å²) in [6, 6.07) is 25.1. The van der Waals surface area contributed by atoms with Crippen LogP contribution in [-0.2, 0) is 22.3 Å². The van der Waals surface area contributed by atoms with Crippen molar-refractivity contribution in [3.63, 3.8) is 0 Å². The van der Waals surface area contributed by atoms with Gasteiger partial charge in [0.05, 0.1) is 29.2 Å². The molecule has 1 amide bonds. The fourth-order valence-electron chi connectivity index (χ4n) is 5.15. The van der Waals surface area contributed by atoms with E-state index in [1.165, 1.54) is 11.0 Å². The molecule has 1 aliphatic heterocycles. The van der Waals surface area contributed by atoms with Crippen molar-refractivity contribution < 1.29 is 22.8 Å². The van der Waals surface area contributed by atoms with Crippen molar-refractivity contribution in [2.45, 2.75) is 19.1 Å². The molecule has 0 aliphatic carbocycles. The first-order valence-electron chi connectivity index (χ1n) is 13.9. The number of amides is 1. The Morgan fingerprint density at radius 2 is 1.60 bits per heavy atom. The van der Waals surface area contributed by atoms with Crippen molar-refractivity contribution in [2.24, 2.45) is 0 Å². The Labute approximate surface area is 267 Å². The second-order valence-electron chi connectivity index (χ2n) is 10.6. The lowest BCUT2D eigenvalue weighted by Gasteiger charge is -2.15. The summed E-state index contributed by atoms with van der Waals surface area (Å²) in [5.74, 6) is 0.335. The summed E-state index contributed by atoms with van der Waals surface area (Å²) >= 11 is 12.6. The van der Waals surface area contributed by atoms with Crippen molar-refractivity contribution in [2.75, 3.05) is 11.4 Å². The highest BCUT2D eigenvalue weighted by molar-refractivity contribution is 6.36. The fraction of sp³-hybridized carbons (Fsp3) is 0.114. The monoisotopic (exact) mass is 645 g/mol. The van der Waals surface area contributed by atoms with Gasteiger partial charge in [-0.2, -0.15) is 13.2 Å². The lowest BCUT2D eigenvalue weighted by Crippen LogP contribution is -2.24. The first kappa shape index (κ1) is 30.4. The highest BCUT2D eigenvalue weighted by Gasteiger charge is 2.30. The van der Waals surface area contributed by atoms with Gasteiger partial charge < -0.3 is 9.47 Å². The molecule has 1 aromatic heterocycles. The van der Waals surface area contributed by atoms with Crippen molar-refractivity contribution >= 4 is 52.7 Å². The van der Waals surface area contributed by atoms with Crippen molar-refractivity contribution in [3.05, 3.63) is 130 Å². The van der Waals surface area contributed by atoms with Crippen molar-refractivity contribution in [1.29, 1.82) is 0 Å². The number of nitrogens with zero attached hydrogens (tertiary/aromatic N) is 3. The van der Waals surface area contributed by atoms with E-state index in [1.807, 2.05) is 59.3 Å². The molecular formula is C35H24Cl2F3N3O2. The van der Waals surface area contributed by atoms with Gasteiger partial charge in [0.1, 0.15) is 5.82 Å². The maximum atomic E-state index is 13.2. The van der Waals surface area contributed by atoms with Crippen LogP contribution in [-0.4, -0.2) is 27.8 Å². The van der Waals surface area contributed by atoms with Gasteiger partial charge in [-0.05, 0) is 70.8 Å². The number of imidazole rings is 1. The molecular weight excluding hydrogens is 622 g/mol. The summed E-state index contributed by atoms with van der Waals surface area (Å²) in [7, 11) is 0. The lowest BCUT2D eigenvalue weighted by atomic mass is 10.0. The van der Waals surface area contributed by atoms with E-state index in [0.717, 1.165) is 23.3 Å². The number of aromatic nitrogens is 2. The molecule has 2 heterocycles. The quantitative estimate of drug-likeness (QED) is 0.166. The number of ketones is 1. The number of halogens is 5. The van der Waals surface area contributed by atoms with Gasteiger partial charge in [0.15, 0.2) is 5.78 Å². The number of anilines is 1. The molecule has 0 spiro atoms. The Hall–Kier alpha value is -4.66. The van der Waals surface area contributed by atoms with Gasteiger partial charge >= 0.3 is 6.18 Å². The number of hydrogen-bond acceptors (Lipinski definition) is 3. The molecule has 0 N–H and O–H groups in total. The summed E-state index contributed by atoms with van der Waals surface area (Å²) in [6.07, 6.45) is 1.14. The smallest absolute Gasteiger partial charge is 0.326 e. The SMILES string of the molecule is O=C1CC(=O)N(c2ccc(Cn3cc(-c4ccc(Cl)cc4Cl)nc3/C=C/c3ccc(-c4cccc(C(F)(F)F)c4)cc3)cc2)C1. The number of Topliss-reactive ketones (excluding diaryl/α,β-unsaturated/α-hetero) is 1. The first-order valence-corrected chi connectivity index (χ1v) is 14.7. The number of carbonyl (C=O) groups excluding carboxylic acids is 2. The average Bonchev–Trinajstić information content (AvgIpc) is 3.57. The predicted molar refractivity (Wildman–Crippen MR) is 171 cm³/mol. The molecule has 1 saturated heterocycles. The predicted octanol–water partition coefficient (Wildman–Crippen LogP) is 9.07. The molecule has 0 unspecified atom stereocenters. The van der Waals surface area contributed by atoms with E-state index in [0.29, 0.717) is 50.5 Å². The molecule has 6 rings (SSSR count). The number of benzene rings is 4. The summed E-state index contributed by atoms with van der Waals surface area (Å²) in [5.41, 5.74) is 4.27. The van der Waals surface area contributed by atoms with Crippen LogP contribution in [0.2, 0.25) is 10.0 Å². The van der Waals surface area contributed by atoms with Gasteiger partial charge in [0.25, 0.3) is 0 Å². The fourth-order valence-corrected chi connectivity index (χ4v) is 5.65. The molecule has 1 fully saturated rings. The molecule has 5 aromatic rings. The summed E-state index contributed by atoms with van der Waals surface area (Å²) < 4.78 is 41.5. The van der Waals surface area contributed by atoms with Gasteiger partial charge in [-0.15, -0.1) is 0 Å². The van der Waals surface area contributed by atoms with Crippen molar-refractivity contribution in [1.82, 2.24) is 9.55 Å². The van der Waals surface area contributed by atoms with E-state index in [2.05, 4.69) is 0 Å². The van der Waals surface area contributed by atoms with E-state index in [4.69, 9.17) is 28.2 Å². The van der Waals surface area contributed by atoms with Crippen LogP contribution in [0.5, 0.6) is 0 Å². The maximum Gasteiger partial charge on any atom is 0.416 e. The number of alkyl halides is 3. The third-order valence-electron chi connectivity index (χ3n) is 7.46. The average molecular weight is 646 g/mol. The molecule has 0 radical (unpaired) electrons. The minimum absolute atomic E-state index is 0.0729. The zero-order valence-electron chi connectivity index (χ0n) is 23.6. The molecule has 0 bridgehead atoms. The van der Waals surface area contributed by atoms with Crippen molar-refractivity contribution in [3.8, 4) is 22.4 Å². The van der Waals surface area contributed by atoms with Crippen LogP contribution in [0.1, 0.15) is 28.9 Å². The molecule has 1 aliphatic rings. The maximum absolute atomic E-state index is 13.2. The van der Waals surface area contributed by atoms with Crippen LogP contribution in [0, 0.1) is 0 Å². The van der Waals surface area contributed by atoms with Crippen LogP contribution in [0.4, 0.5) is 18.9 Å². The van der Waals surface area contributed by atoms with Gasteiger partial charge in [-0.1, -0.05) is 77.8 Å². The van der Waals surface area contributed by atoms with E-state index in [9.17, 15) is 22.8 Å². The Bertz CT molecular complexity index is 1930. The van der Waals surface area contributed by atoms with E-state index in [1.54, 1.807) is 36.4 Å². The van der Waals surface area contributed by atoms with Crippen LogP contribution in [0.15, 0.2) is 97.2 Å². The van der Waals surface area contributed by atoms with Crippen LogP contribution in [0.25, 0.3) is 34.5 Å². The van der Waals surface area contributed by atoms with Crippen LogP contribution >= 0.6 is 23.2 Å². The van der Waals surface area contributed by atoms with Gasteiger partial charge in [-0.3, -0.25) is 9.59 Å². The normalized spacial score (nSPS) is 13.8. The Morgan fingerprint density at radius 1 is 0.844 bits per heavy atom. The number of hydrogen-bond donors (Lipinski definition) is 0. The minimum Gasteiger partial charge on any atom is -0.326 e. The zero-order chi connectivity index (χ0) is 31.7. The highest BCUT2D eigenvalue weighted by Crippen LogP contribution is 2.33. The summed E-state index contributed by atoms with van der Waals surface area (Å²) in [4.78, 5) is 30.2. The second-order valence-corrected chi connectivity index (χ2v) is 11.5. The molecule has 4 aromatic carbocycles. The molecule has 10 heteroatoms. The van der Waals surface area contributed by atoms with Gasteiger partial charge in [0, 0.05) is 29.0 Å². The number of rotatable bonds is 7. The van der Waals surface area contributed by atoms with E-state index < -0.39 is 11.7 Å². The molecule has 45 heavy (non-hydrogen) atoms. The van der Waals surface area contributed by atoms with E-state index in [-0.39, 0.29) is 24.7 Å². The number of carbonyl (C=O) groups is 2. The molecule has 0 saturated carbocycles. The summed E-state index contributed by atoms with van der Waals surface area (Å²) in [5, 5.41) is 0.970. The van der Waals surface area contributed by atoms with Crippen LogP contribution in [0.3, 0.4) is 0 Å². The third kappa shape index (κ3) is 6.87. The Morgan fingerprint density at radius 3 is 2.27 bits per heavy atom. The topological polar surface area (TPSA) is 55.2 Å². The standard InChI is InChI=1S/C35H24Cl2F3N3O2/c36-27-11-14-30(31(37)17-27)32-21-42(19-23-6-12-28(13-7-23)43-20-29(44)18-34(43)45)33(41-32)15-8-22-4-9-24(10-5-22)25-2-1-3-26(16-25)35(38,39)40/h1-17,21H,18-20H2/b15-8+. The third-order valence-corrected chi connectivity index (χ3v) is 8.01. The molecule has 5 nitrogen and oxygen atoms in total. The van der Waals surface area contributed by atoms with Crippen LogP contribution < -0.4 is 4.90 Å². The zero-order valence-corrected chi connectivity index (χ0v) is 25.1. The minimum atomic E-state index is -4.41. The lowest BCUT2D eigenvalue weighted by molar-refractivity contribution is -0.137.